The van der Waals surface area contributed by atoms with Crippen molar-refractivity contribution < 1.29 is 27.9 Å². The van der Waals surface area contributed by atoms with Crippen LogP contribution in [0.25, 0.3) is 16.7 Å². The predicted octanol–water partition coefficient (Wildman–Crippen LogP) is 3.92. The van der Waals surface area contributed by atoms with Crippen LogP contribution in [0.2, 0.25) is 0 Å². The summed E-state index contributed by atoms with van der Waals surface area (Å²) in [4.78, 5) is 63.7. The average molecular weight is 877 g/mol. The van der Waals surface area contributed by atoms with E-state index in [1.54, 1.807) is 26.2 Å². The highest BCUT2D eigenvalue weighted by molar-refractivity contribution is 6.08. The van der Waals surface area contributed by atoms with Crippen molar-refractivity contribution in [2.45, 2.75) is 94.5 Å². The topological polar surface area (TPSA) is 169 Å². The van der Waals surface area contributed by atoms with Crippen molar-refractivity contribution in [2.75, 3.05) is 62.6 Å². The molecule has 2 saturated carbocycles. The fraction of sp³-hybridized carbons (Fsp3) is 0.533. The molecule has 11 rings (SSSR count). The van der Waals surface area contributed by atoms with Crippen LogP contribution in [-0.4, -0.2) is 126 Å². The number of morpholine rings is 1. The molecule has 6 aliphatic rings. The minimum absolute atomic E-state index is 0.00590. The summed E-state index contributed by atoms with van der Waals surface area (Å²) >= 11 is 0. The van der Waals surface area contributed by atoms with Crippen molar-refractivity contribution in [3.63, 3.8) is 0 Å². The molecule has 8 heterocycles. The van der Waals surface area contributed by atoms with Crippen LogP contribution in [0.3, 0.4) is 0 Å². The predicted molar refractivity (Wildman–Crippen MR) is 230 cm³/mol. The molecule has 4 aliphatic heterocycles. The molecule has 4 aromatic heterocycles. The van der Waals surface area contributed by atoms with Crippen molar-refractivity contribution in [1.82, 2.24) is 48.6 Å². The van der Waals surface area contributed by atoms with Gasteiger partial charge in [-0.1, -0.05) is 17.9 Å². The van der Waals surface area contributed by atoms with E-state index in [1.165, 1.54) is 10.7 Å². The normalized spacial score (nSPS) is 25.4. The second-order valence-electron chi connectivity index (χ2n) is 18.2. The lowest BCUT2D eigenvalue weighted by Crippen LogP contribution is -2.48. The molecule has 6 fully saturated rings. The lowest BCUT2D eigenvalue weighted by atomic mass is 9.85. The Labute approximate surface area is 366 Å². The number of benzene rings is 1. The monoisotopic (exact) mass is 876 g/mol. The summed E-state index contributed by atoms with van der Waals surface area (Å²) in [5.41, 5.74) is 2.06. The Balaban J connectivity index is 0.684. The molecule has 0 spiro atoms. The number of rotatable bonds is 10. The molecule has 19 heteroatoms. The number of ether oxygens (including phenoxy) is 1. The van der Waals surface area contributed by atoms with Gasteiger partial charge in [0, 0.05) is 64.1 Å². The number of imide groups is 1. The van der Waals surface area contributed by atoms with Gasteiger partial charge in [0.05, 0.1) is 59.8 Å². The highest BCUT2D eigenvalue weighted by Gasteiger charge is 2.40. The van der Waals surface area contributed by atoms with E-state index in [4.69, 9.17) is 9.72 Å². The molecule has 2 N–H and O–H groups in total. The number of nitrogens with zero attached hydrogens (tertiary/aromatic N) is 10. The van der Waals surface area contributed by atoms with Crippen LogP contribution < -0.4 is 21.2 Å². The van der Waals surface area contributed by atoms with E-state index in [9.17, 15) is 28.0 Å². The van der Waals surface area contributed by atoms with Crippen molar-refractivity contribution in [1.29, 1.82) is 0 Å². The molecule has 1 unspecified atom stereocenters. The van der Waals surface area contributed by atoms with E-state index < -0.39 is 30.0 Å². The molecule has 2 bridgehead atoms. The number of anilines is 2. The third-order valence-corrected chi connectivity index (χ3v) is 14.1. The Kier molecular flexibility index (Phi) is 10.5. The summed E-state index contributed by atoms with van der Waals surface area (Å²) in [5, 5.41) is 13.7. The van der Waals surface area contributed by atoms with Crippen LogP contribution in [0.4, 0.5) is 20.3 Å². The highest BCUT2D eigenvalue weighted by Crippen LogP contribution is 2.39. The number of piperidine rings is 1. The summed E-state index contributed by atoms with van der Waals surface area (Å²) in [6.45, 7) is 6.55. The second kappa shape index (κ2) is 16.5. The Morgan fingerprint density at radius 3 is 2.48 bits per heavy atom. The van der Waals surface area contributed by atoms with Crippen LogP contribution in [0, 0.1) is 17.8 Å². The number of carbonyl (C=O) groups is 3. The number of piperazine rings is 1. The van der Waals surface area contributed by atoms with Crippen molar-refractivity contribution >= 4 is 45.9 Å². The van der Waals surface area contributed by atoms with Crippen molar-refractivity contribution in [2.24, 2.45) is 5.92 Å². The molecular weight excluding hydrogens is 827 g/mol. The first-order chi connectivity index (χ1) is 31.1. The fourth-order valence-electron chi connectivity index (χ4n) is 10.5. The molecule has 5 aromatic rings. The van der Waals surface area contributed by atoms with Gasteiger partial charge in [-0.2, -0.15) is 10.2 Å². The minimum Gasteiger partial charge on any atom is -0.374 e. The Bertz CT molecular complexity index is 2760. The second-order valence-corrected chi connectivity index (χ2v) is 18.2. The van der Waals surface area contributed by atoms with Crippen LogP contribution in [0.5, 0.6) is 0 Å². The first-order valence-electron chi connectivity index (χ1n) is 22.6. The van der Waals surface area contributed by atoms with Gasteiger partial charge in [0.1, 0.15) is 17.4 Å². The molecule has 2 aliphatic carbocycles. The quantitative estimate of drug-likeness (QED) is 0.154. The number of halogens is 2. The van der Waals surface area contributed by atoms with E-state index in [0.717, 1.165) is 101 Å². The van der Waals surface area contributed by atoms with Crippen molar-refractivity contribution in [3.05, 3.63) is 70.2 Å². The lowest BCUT2D eigenvalue weighted by molar-refractivity contribution is -0.135. The number of nitrogens with one attached hydrogen (secondary N) is 2. The smallest absolute Gasteiger partial charge is 0.330 e. The van der Waals surface area contributed by atoms with E-state index in [-0.39, 0.29) is 53.5 Å². The summed E-state index contributed by atoms with van der Waals surface area (Å²) in [6.07, 6.45) is 8.77. The summed E-state index contributed by atoms with van der Waals surface area (Å²) in [6, 6.07) is 7.08. The van der Waals surface area contributed by atoms with E-state index in [2.05, 4.69) is 47.4 Å². The number of para-hydroxylation sites is 1. The SMILES string of the molecule is O=C1CCC(n2c(=O)n(C3CC3)c3c(C#CCN4CCN(C[C@H]5CC[C@H](n6cc(NC(=O)c7cnn8ccc(N9C[C@H]%10C[C@@H]9CO%10)nc78)c(C(F)F)n6)CC5)CC4)cccc32)C(=O)N1. The Hall–Kier alpha value is -5.97. The van der Waals surface area contributed by atoms with E-state index in [1.807, 2.05) is 24.3 Å². The highest BCUT2D eigenvalue weighted by atomic mass is 19.3. The van der Waals surface area contributed by atoms with Crippen LogP contribution in [0.1, 0.15) is 104 Å². The van der Waals surface area contributed by atoms with Gasteiger partial charge >= 0.3 is 5.69 Å². The van der Waals surface area contributed by atoms with Gasteiger partial charge in [-0.3, -0.25) is 38.4 Å². The van der Waals surface area contributed by atoms with Gasteiger partial charge in [0.15, 0.2) is 11.3 Å². The maximum Gasteiger partial charge on any atom is 0.330 e. The third kappa shape index (κ3) is 7.64. The number of fused-ring (bicyclic) bond motifs is 4. The van der Waals surface area contributed by atoms with E-state index >= 15 is 0 Å². The summed E-state index contributed by atoms with van der Waals surface area (Å²) < 4.78 is 40.9. The van der Waals surface area contributed by atoms with Gasteiger partial charge in [0.25, 0.3) is 12.3 Å². The van der Waals surface area contributed by atoms with Crippen molar-refractivity contribution in [3.8, 4) is 11.8 Å². The van der Waals surface area contributed by atoms with E-state index in [0.29, 0.717) is 36.7 Å². The maximum atomic E-state index is 14.3. The largest absolute Gasteiger partial charge is 0.374 e. The number of alkyl halides is 2. The molecule has 334 valence electrons. The molecule has 0 radical (unpaired) electrons. The zero-order valence-electron chi connectivity index (χ0n) is 35.4. The standard InChI is InChI=1S/C45H50F2N12O5/c46-41(47)39-34(49-43(61)33-22-48-56-16-14-37(50-42(33)56)55-24-32-21-31(55)26-64-32)25-57(52-39)29-8-6-27(7-9-29)23-54-19-17-53(18-20-54)15-2-4-28-3-1-5-35-40(28)58(30-10-11-30)45(63)59(35)36-12-13-38(60)51-44(36)62/h1,3,5,14,16,22,25,27,29-32,36,41H,6-13,15,17-21,23-24,26H2,(H,49,61)(H,51,60,62)/t27-,29-,31-,32-,36?/m1/s1. The van der Waals surface area contributed by atoms with Crippen LogP contribution >= 0.6 is 0 Å². The number of imidazole rings is 1. The third-order valence-electron chi connectivity index (χ3n) is 14.1. The minimum atomic E-state index is -2.86. The number of hydrogen-bond donors (Lipinski definition) is 2. The maximum absolute atomic E-state index is 14.3. The molecule has 17 nitrogen and oxygen atoms in total. The molecular formula is C45H50F2N12O5. The lowest BCUT2D eigenvalue weighted by Gasteiger charge is -2.37. The van der Waals surface area contributed by atoms with Gasteiger partial charge in [-0.05, 0) is 75.5 Å². The number of hydrogen-bond acceptors (Lipinski definition) is 11. The number of amides is 3. The number of carbonyl (C=O) groups excluding carboxylic acids is 3. The molecule has 1 aromatic carbocycles. The van der Waals surface area contributed by atoms with Crippen LogP contribution in [-0.2, 0) is 14.3 Å². The zero-order valence-corrected chi connectivity index (χ0v) is 35.4. The molecule has 4 saturated heterocycles. The first-order valence-corrected chi connectivity index (χ1v) is 22.6. The Morgan fingerprint density at radius 2 is 1.75 bits per heavy atom. The fourth-order valence-corrected chi connectivity index (χ4v) is 10.5. The molecule has 3 amide bonds. The van der Waals surface area contributed by atoms with Gasteiger partial charge in [0.2, 0.25) is 11.8 Å². The van der Waals surface area contributed by atoms with Gasteiger partial charge < -0.3 is 19.9 Å². The van der Waals surface area contributed by atoms with Gasteiger partial charge in [-0.15, -0.1) is 0 Å². The molecule has 64 heavy (non-hydrogen) atoms. The summed E-state index contributed by atoms with van der Waals surface area (Å²) in [7, 11) is 0. The Morgan fingerprint density at radius 1 is 0.953 bits per heavy atom. The number of aromatic nitrogens is 7. The first kappa shape index (κ1) is 40.8. The zero-order chi connectivity index (χ0) is 43.6. The average Bonchev–Trinajstić information content (AvgIpc) is 3.69. The molecule has 3 atom stereocenters. The van der Waals surface area contributed by atoms with Crippen LogP contribution in [0.15, 0.2) is 47.7 Å². The summed E-state index contributed by atoms with van der Waals surface area (Å²) in [5.74, 6) is 6.60. The van der Waals surface area contributed by atoms with Gasteiger partial charge in [-0.25, -0.2) is 23.1 Å².